The zero-order valence-corrected chi connectivity index (χ0v) is 12.9. The number of carbonyl (C=O) groups excluding carboxylic acids is 1. The molecule has 2 aromatic carbocycles. The number of benzene rings is 2. The molecule has 0 aliphatic carbocycles. The molecule has 0 bridgehead atoms. The van der Waals surface area contributed by atoms with Gasteiger partial charge in [0.2, 0.25) is 5.91 Å². The van der Waals surface area contributed by atoms with Crippen molar-refractivity contribution in [3.63, 3.8) is 0 Å². The van der Waals surface area contributed by atoms with E-state index in [1.165, 1.54) is 12.1 Å². The fourth-order valence-corrected chi connectivity index (χ4v) is 2.36. The molecule has 6 heteroatoms. The van der Waals surface area contributed by atoms with Crippen molar-refractivity contribution in [1.82, 2.24) is 0 Å². The molecule has 1 unspecified atom stereocenters. The number of halogens is 2. The number of nitrogens with two attached hydrogens (primary N) is 1. The number of amides is 1. The molecule has 0 saturated carbocycles. The van der Waals surface area contributed by atoms with E-state index in [9.17, 15) is 9.18 Å². The number of methoxy groups -OCH3 is 1. The first-order valence-corrected chi connectivity index (χ1v) is 6.95. The van der Waals surface area contributed by atoms with E-state index in [0.717, 1.165) is 4.47 Å². The van der Waals surface area contributed by atoms with Crippen LogP contribution in [0.1, 0.15) is 11.6 Å². The van der Waals surface area contributed by atoms with Gasteiger partial charge < -0.3 is 15.8 Å². The summed E-state index contributed by atoms with van der Waals surface area (Å²) >= 11 is 3.39. The van der Waals surface area contributed by atoms with Gasteiger partial charge in [0.25, 0.3) is 0 Å². The molecule has 0 aliphatic heterocycles. The van der Waals surface area contributed by atoms with Gasteiger partial charge in [0, 0.05) is 15.7 Å². The van der Waals surface area contributed by atoms with Gasteiger partial charge in [-0.3, -0.25) is 4.79 Å². The Morgan fingerprint density at radius 2 is 1.95 bits per heavy atom. The Hall–Kier alpha value is -2.08. The highest BCUT2D eigenvalue weighted by Crippen LogP contribution is 2.30. The molecule has 21 heavy (non-hydrogen) atoms. The van der Waals surface area contributed by atoms with Crippen molar-refractivity contribution >= 4 is 27.5 Å². The first kappa shape index (κ1) is 15.3. The SMILES string of the molecule is COc1ccc(Br)c(C(Nc2ccc(F)cc2)C(N)=O)c1. The van der Waals surface area contributed by atoms with E-state index < -0.39 is 11.9 Å². The molecule has 0 heterocycles. The molecule has 0 aromatic heterocycles. The summed E-state index contributed by atoms with van der Waals surface area (Å²) in [7, 11) is 1.54. The second-order valence-electron chi connectivity index (χ2n) is 4.37. The summed E-state index contributed by atoms with van der Waals surface area (Å²) in [6.45, 7) is 0. The minimum Gasteiger partial charge on any atom is -0.497 e. The molecule has 0 spiro atoms. The molecule has 2 aromatic rings. The Labute approximate surface area is 130 Å². The average Bonchev–Trinajstić information content (AvgIpc) is 2.47. The maximum atomic E-state index is 12.9. The lowest BCUT2D eigenvalue weighted by Gasteiger charge is -2.19. The van der Waals surface area contributed by atoms with Gasteiger partial charge in [-0.25, -0.2) is 4.39 Å². The van der Waals surface area contributed by atoms with Crippen LogP contribution in [0.2, 0.25) is 0 Å². The maximum Gasteiger partial charge on any atom is 0.244 e. The third-order valence-electron chi connectivity index (χ3n) is 2.95. The lowest BCUT2D eigenvalue weighted by atomic mass is 10.1. The molecular weight excluding hydrogens is 339 g/mol. The summed E-state index contributed by atoms with van der Waals surface area (Å²) < 4.78 is 18.8. The summed E-state index contributed by atoms with van der Waals surface area (Å²) in [5.74, 6) is -0.285. The number of rotatable bonds is 5. The number of primary amides is 1. The van der Waals surface area contributed by atoms with Gasteiger partial charge in [0.15, 0.2) is 0 Å². The van der Waals surface area contributed by atoms with Crippen LogP contribution in [0, 0.1) is 5.82 Å². The molecule has 0 fully saturated rings. The van der Waals surface area contributed by atoms with Crippen LogP contribution in [0.4, 0.5) is 10.1 Å². The minimum atomic E-state index is -0.764. The zero-order chi connectivity index (χ0) is 15.4. The minimum absolute atomic E-state index is 0.348. The van der Waals surface area contributed by atoms with Crippen molar-refractivity contribution in [2.45, 2.75) is 6.04 Å². The highest BCUT2D eigenvalue weighted by atomic mass is 79.9. The van der Waals surface area contributed by atoms with E-state index in [1.54, 1.807) is 37.4 Å². The molecule has 110 valence electrons. The Kier molecular flexibility index (Phi) is 4.80. The van der Waals surface area contributed by atoms with Gasteiger partial charge in [0.1, 0.15) is 17.6 Å². The third-order valence-corrected chi connectivity index (χ3v) is 3.68. The highest BCUT2D eigenvalue weighted by Gasteiger charge is 2.21. The largest absolute Gasteiger partial charge is 0.497 e. The normalized spacial score (nSPS) is 11.8. The van der Waals surface area contributed by atoms with Crippen LogP contribution >= 0.6 is 15.9 Å². The number of nitrogens with one attached hydrogen (secondary N) is 1. The third kappa shape index (κ3) is 3.72. The molecule has 3 N–H and O–H groups in total. The molecule has 0 aliphatic rings. The number of anilines is 1. The summed E-state index contributed by atoms with van der Waals surface area (Å²) in [6, 6.07) is 10.2. The standard InChI is InChI=1S/C15H14BrFN2O2/c1-21-11-6-7-13(16)12(8-11)14(15(18)20)19-10-4-2-9(17)3-5-10/h2-8,14,19H,1H3,(H2,18,20). The highest BCUT2D eigenvalue weighted by molar-refractivity contribution is 9.10. The first-order valence-electron chi connectivity index (χ1n) is 6.16. The molecule has 1 amide bonds. The smallest absolute Gasteiger partial charge is 0.244 e. The second-order valence-corrected chi connectivity index (χ2v) is 5.23. The summed E-state index contributed by atoms with van der Waals surface area (Å²) in [6.07, 6.45) is 0. The van der Waals surface area contributed by atoms with Gasteiger partial charge in [-0.05, 0) is 42.5 Å². The fraction of sp³-hybridized carbons (Fsp3) is 0.133. The van der Waals surface area contributed by atoms with Gasteiger partial charge in [-0.15, -0.1) is 0 Å². The predicted molar refractivity (Wildman–Crippen MR) is 82.7 cm³/mol. The van der Waals surface area contributed by atoms with E-state index in [2.05, 4.69) is 21.2 Å². The van der Waals surface area contributed by atoms with Crippen LogP contribution < -0.4 is 15.8 Å². The number of hydrogen-bond donors (Lipinski definition) is 2. The lowest BCUT2D eigenvalue weighted by Crippen LogP contribution is -2.28. The van der Waals surface area contributed by atoms with Gasteiger partial charge in [-0.2, -0.15) is 0 Å². The Bertz CT molecular complexity index is 647. The van der Waals surface area contributed by atoms with Crippen LogP contribution in [-0.4, -0.2) is 13.0 Å². The quantitative estimate of drug-likeness (QED) is 0.868. The summed E-state index contributed by atoms with van der Waals surface area (Å²) in [5.41, 5.74) is 6.71. The van der Waals surface area contributed by atoms with Crippen LogP contribution in [0.5, 0.6) is 5.75 Å². The molecule has 2 rings (SSSR count). The van der Waals surface area contributed by atoms with E-state index in [0.29, 0.717) is 17.0 Å². The van der Waals surface area contributed by atoms with Crippen LogP contribution in [0.3, 0.4) is 0 Å². The molecular formula is C15H14BrFN2O2. The van der Waals surface area contributed by atoms with Crippen LogP contribution in [0.25, 0.3) is 0 Å². The number of carbonyl (C=O) groups is 1. The Morgan fingerprint density at radius 3 is 2.52 bits per heavy atom. The molecule has 0 saturated heterocycles. The van der Waals surface area contributed by atoms with Crippen LogP contribution in [0.15, 0.2) is 46.9 Å². The van der Waals surface area contributed by atoms with E-state index in [1.807, 2.05) is 0 Å². The van der Waals surface area contributed by atoms with Gasteiger partial charge >= 0.3 is 0 Å². The number of hydrogen-bond acceptors (Lipinski definition) is 3. The Balaban J connectivity index is 2.35. The molecule has 1 atom stereocenters. The second kappa shape index (κ2) is 6.58. The van der Waals surface area contributed by atoms with Crippen molar-refractivity contribution in [1.29, 1.82) is 0 Å². The van der Waals surface area contributed by atoms with Crippen molar-refractivity contribution in [3.05, 3.63) is 58.3 Å². The molecule has 4 nitrogen and oxygen atoms in total. The van der Waals surface area contributed by atoms with Gasteiger partial charge in [-0.1, -0.05) is 15.9 Å². The predicted octanol–water partition coefficient (Wildman–Crippen LogP) is 3.24. The van der Waals surface area contributed by atoms with Crippen LogP contribution in [-0.2, 0) is 4.79 Å². The lowest BCUT2D eigenvalue weighted by molar-refractivity contribution is -0.118. The summed E-state index contributed by atoms with van der Waals surface area (Å²) in [4.78, 5) is 11.7. The number of ether oxygens (including phenoxy) is 1. The maximum absolute atomic E-state index is 12.9. The van der Waals surface area contributed by atoms with Crippen molar-refractivity contribution < 1.29 is 13.9 Å². The molecule has 0 radical (unpaired) electrons. The van der Waals surface area contributed by atoms with Crippen molar-refractivity contribution in [2.24, 2.45) is 5.73 Å². The van der Waals surface area contributed by atoms with E-state index in [-0.39, 0.29) is 5.82 Å². The summed E-state index contributed by atoms with van der Waals surface area (Å²) in [5, 5.41) is 2.99. The van der Waals surface area contributed by atoms with Crippen molar-refractivity contribution in [2.75, 3.05) is 12.4 Å². The van der Waals surface area contributed by atoms with Crippen molar-refractivity contribution in [3.8, 4) is 5.75 Å². The Morgan fingerprint density at radius 1 is 1.29 bits per heavy atom. The first-order chi connectivity index (χ1) is 10.0. The van der Waals surface area contributed by atoms with E-state index in [4.69, 9.17) is 10.5 Å². The topological polar surface area (TPSA) is 64.3 Å². The average molecular weight is 353 g/mol. The van der Waals surface area contributed by atoms with E-state index >= 15 is 0 Å². The zero-order valence-electron chi connectivity index (χ0n) is 11.3. The monoisotopic (exact) mass is 352 g/mol. The fourth-order valence-electron chi connectivity index (χ4n) is 1.88. The van der Waals surface area contributed by atoms with Gasteiger partial charge in [0.05, 0.1) is 7.11 Å².